The first-order chi connectivity index (χ1) is 8.63. The normalized spacial score (nSPS) is 19.6. The summed E-state index contributed by atoms with van der Waals surface area (Å²) in [5.41, 5.74) is 2.04. The third kappa shape index (κ3) is 3.99. The second kappa shape index (κ2) is 6.20. The summed E-state index contributed by atoms with van der Waals surface area (Å²) in [5, 5.41) is 6.23. The van der Waals surface area contributed by atoms with E-state index in [1.807, 2.05) is 37.7 Å². The van der Waals surface area contributed by atoms with Crippen molar-refractivity contribution in [2.24, 2.45) is 0 Å². The van der Waals surface area contributed by atoms with E-state index in [1.165, 1.54) is 0 Å². The zero-order chi connectivity index (χ0) is 13.0. The van der Waals surface area contributed by atoms with Crippen molar-refractivity contribution in [1.82, 2.24) is 10.3 Å². The molecule has 1 aromatic rings. The monoisotopic (exact) mass is 265 g/mol. The molecule has 18 heavy (non-hydrogen) atoms. The number of anilines is 1. The van der Waals surface area contributed by atoms with Crippen molar-refractivity contribution in [3.63, 3.8) is 0 Å². The number of amides is 1. The Morgan fingerprint density at radius 2 is 2.39 bits per heavy atom. The minimum atomic E-state index is 0.0347. The van der Waals surface area contributed by atoms with Gasteiger partial charge in [0.05, 0.1) is 0 Å². The van der Waals surface area contributed by atoms with Crippen LogP contribution < -0.4 is 10.6 Å². The summed E-state index contributed by atoms with van der Waals surface area (Å²) in [7, 11) is 0. The summed E-state index contributed by atoms with van der Waals surface area (Å²) >= 11 is 1.90. The molecule has 1 aromatic heterocycles. The van der Waals surface area contributed by atoms with Crippen LogP contribution in [0.25, 0.3) is 0 Å². The number of carbonyl (C=O) groups excluding carboxylic acids is 1. The highest BCUT2D eigenvalue weighted by atomic mass is 32.2. The molecule has 1 unspecified atom stereocenters. The number of nitrogens with one attached hydrogen (secondary N) is 2. The maximum atomic E-state index is 11.9. The van der Waals surface area contributed by atoms with E-state index in [1.54, 1.807) is 0 Å². The molecule has 2 heterocycles. The van der Waals surface area contributed by atoms with E-state index in [-0.39, 0.29) is 11.9 Å². The first-order valence-electron chi connectivity index (χ1n) is 6.20. The first kappa shape index (κ1) is 13.4. The van der Waals surface area contributed by atoms with Gasteiger partial charge in [0.1, 0.15) is 5.82 Å². The Kier molecular flexibility index (Phi) is 4.60. The topological polar surface area (TPSA) is 54.0 Å². The number of thioether (sulfide) groups is 1. The Morgan fingerprint density at radius 1 is 1.56 bits per heavy atom. The zero-order valence-corrected chi connectivity index (χ0v) is 11.6. The van der Waals surface area contributed by atoms with Gasteiger partial charge in [-0.2, -0.15) is 11.8 Å². The van der Waals surface area contributed by atoms with Gasteiger partial charge in [-0.1, -0.05) is 0 Å². The van der Waals surface area contributed by atoms with Gasteiger partial charge in [-0.25, -0.2) is 4.98 Å². The molecule has 0 aromatic carbocycles. The summed E-state index contributed by atoms with van der Waals surface area (Å²) in [6.07, 6.45) is 0.516. The number of nitrogens with zero attached hydrogens (tertiary/aromatic N) is 1. The van der Waals surface area contributed by atoms with E-state index >= 15 is 0 Å². The van der Waals surface area contributed by atoms with Crippen LogP contribution in [0.15, 0.2) is 12.1 Å². The lowest BCUT2D eigenvalue weighted by molar-refractivity contribution is -0.116. The average Bonchev–Trinajstić information content (AvgIpc) is 2.28. The van der Waals surface area contributed by atoms with Gasteiger partial charge >= 0.3 is 0 Å². The molecule has 1 aliphatic rings. The summed E-state index contributed by atoms with van der Waals surface area (Å²) in [6.45, 7) is 4.93. The quantitative estimate of drug-likeness (QED) is 0.874. The predicted octanol–water partition coefficient (Wildman–Crippen LogP) is 1.73. The third-order valence-corrected chi connectivity index (χ3v) is 3.93. The number of hydrogen-bond donors (Lipinski definition) is 2. The maximum absolute atomic E-state index is 11.9. The highest BCUT2D eigenvalue weighted by Crippen LogP contribution is 2.12. The Balaban J connectivity index is 1.89. The highest BCUT2D eigenvalue weighted by molar-refractivity contribution is 7.99. The molecule has 2 rings (SSSR count). The van der Waals surface area contributed by atoms with Gasteiger partial charge in [0, 0.05) is 36.2 Å². The van der Waals surface area contributed by atoms with E-state index in [0.29, 0.717) is 12.2 Å². The standard InChI is InChI=1S/C13H19N3OS/c1-9-5-10(2)15-12(6-9)16-13(17)7-11-8-18-4-3-14-11/h5-6,11,14H,3-4,7-8H2,1-2H3,(H,15,16,17). The van der Waals surface area contributed by atoms with E-state index in [2.05, 4.69) is 15.6 Å². The van der Waals surface area contributed by atoms with Crippen LogP contribution in [0.5, 0.6) is 0 Å². The van der Waals surface area contributed by atoms with Crippen molar-refractivity contribution in [3.05, 3.63) is 23.4 Å². The van der Waals surface area contributed by atoms with E-state index in [0.717, 1.165) is 29.3 Å². The van der Waals surface area contributed by atoms with Crippen molar-refractivity contribution < 1.29 is 4.79 Å². The van der Waals surface area contributed by atoms with Crippen LogP contribution in [0.1, 0.15) is 17.7 Å². The number of aryl methyl sites for hydroxylation is 2. The van der Waals surface area contributed by atoms with Crippen molar-refractivity contribution in [2.45, 2.75) is 26.3 Å². The summed E-state index contributed by atoms with van der Waals surface area (Å²) in [5.74, 6) is 2.83. The molecule has 2 N–H and O–H groups in total. The van der Waals surface area contributed by atoms with Gasteiger partial charge in [-0.15, -0.1) is 0 Å². The van der Waals surface area contributed by atoms with Gasteiger partial charge in [0.2, 0.25) is 5.91 Å². The molecule has 0 spiro atoms. The van der Waals surface area contributed by atoms with Gasteiger partial charge in [0.15, 0.2) is 0 Å². The van der Waals surface area contributed by atoms with Crippen LogP contribution in [-0.4, -0.2) is 35.0 Å². The molecular formula is C13H19N3OS. The number of pyridine rings is 1. The van der Waals surface area contributed by atoms with Gasteiger partial charge < -0.3 is 10.6 Å². The Labute approximate surface area is 112 Å². The van der Waals surface area contributed by atoms with E-state index < -0.39 is 0 Å². The Hall–Kier alpha value is -1.07. The molecule has 1 fully saturated rings. The van der Waals surface area contributed by atoms with E-state index in [4.69, 9.17) is 0 Å². The summed E-state index contributed by atoms with van der Waals surface area (Å²) in [6, 6.07) is 4.18. The average molecular weight is 265 g/mol. The van der Waals surface area contributed by atoms with Crippen LogP contribution in [-0.2, 0) is 4.79 Å². The molecule has 1 saturated heterocycles. The molecule has 0 radical (unpaired) electrons. The van der Waals surface area contributed by atoms with Gasteiger partial charge in [-0.3, -0.25) is 4.79 Å². The lowest BCUT2D eigenvalue weighted by Gasteiger charge is -2.22. The highest BCUT2D eigenvalue weighted by Gasteiger charge is 2.16. The molecule has 0 bridgehead atoms. The minimum Gasteiger partial charge on any atom is -0.312 e. The number of carbonyl (C=O) groups is 1. The maximum Gasteiger partial charge on any atom is 0.227 e. The number of hydrogen-bond acceptors (Lipinski definition) is 4. The molecule has 1 amide bonds. The molecular weight excluding hydrogens is 246 g/mol. The minimum absolute atomic E-state index is 0.0347. The molecule has 1 aliphatic heterocycles. The Morgan fingerprint density at radius 3 is 3.06 bits per heavy atom. The molecule has 0 aliphatic carbocycles. The molecule has 0 saturated carbocycles. The summed E-state index contributed by atoms with van der Waals surface area (Å²) in [4.78, 5) is 16.2. The molecule has 4 nitrogen and oxygen atoms in total. The van der Waals surface area contributed by atoms with E-state index in [9.17, 15) is 4.79 Å². The fourth-order valence-corrected chi connectivity index (χ4v) is 3.02. The van der Waals surface area contributed by atoms with Crippen LogP contribution in [0.4, 0.5) is 5.82 Å². The van der Waals surface area contributed by atoms with Crippen LogP contribution >= 0.6 is 11.8 Å². The summed E-state index contributed by atoms with van der Waals surface area (Å²) < 4.78 is 0. The molecule has 1 atom stereocenters. The van der Waals surface area contributed by atoms with Crippen molar-refractivity contribution in [1.29, 1.82) is 0 Å². The number of aromatic nitrogens is 1. The fourth-order valence-electron chi connectivity index (χ4n) is 2.07. The van der Waals surface area contributed by atoms with Gasteiger partial charge in [-0.05, 0) is 31.5 Å². The second-order valence-corrected chi connectivity index (χ2v) is 5.80. The Bertz CT molecular complexity index is 410. The first-order valence-corrected chi connectivity index (χ1v) is 7.35. The second-order valence-electron chi connectivity index (χ2n) is 4.65. The van der Waals surface area contributed by atoms with Crippen molar-refractivity contribution in [3.8, 4) is 0 Å². The zero-order valence-electron chi connectivity index (χ0n) is 10.8. The SMILES string of the molecule is Cc1cc(C)nc(NC(=O)CC2CSCCN2)c1. The molecule has 98 valence electrons. The predicted molar refractivity (Wildman–Crippen MR) is 76.1 cm³/mol. The smallest absolute Gasteiger partial charge is 0.227 e. The number of rotatable bonds is 3. The largest absolute Gasteiger partial charge is 0.312 e. The fraction of sp³-hybridized carbons (Fsp3) is 0.538. The molecule has 5 heteroatoms. The third-order valence-electron chi connectivity index (χ3n) is 2.80. The van der Waals surface area contributed by atoms with Gasteiger partial charge in [0.25, 0.3) is 0 Å². The van der Waals surface area contributed by atoms with Crippen LogP contribution in [0.2, 0.25) is 0 Å². The lowest BCUT2D eigenvalue weighted by Crippen LogP contribution is -2.40. The van der Waals surface area contributed by atoms with Crippen molar-refractivity contribution in [2.75, 3.05) is 23.4 Å². The van der Waals surface area contributed by atoms with Crippen molar-refractivity contribution >= 4 is 23.5 Å². The van der Waals surface area contributed by atoms with Crippen LogP contribution in [0, 0.1) is 13.8 Å². The van der Waals surface area contributed by atoms with Crippen LogP contribution in [0.3, 0.4) is 0 Å². The lowest BCUT2D eigenvalue weighted by atomic mass is 10.2.